The van der Waals surface area contributed by atoms with E-state index in [0.29, 0.717) is 5.56 Å². The smallest absolute Gasteiger partial charge is 0.265 e. The molecule has 0 saturated carbocycles. The molecule has 3 nitrogen and oxygen atoms in total. The number of pyridine rings is 1. The monoisotopic (exact) mass is 248 g/mol. The van der Waals surface area contributed by atoms with E-state index in [0.717, 1.165) is 6.07 Å². The van der Waals surface area contributed by atoms with Gasteiger partial charge in [0.05, 0.1) is 0 Å². The maximum Gasteiger partial charge on any atom is 0.265 e. The number of hydrogen-bond acceptors (Lipinski definition) is 3. The summed E-state index contributed by atoms with van der Waals surface area (Å²) in [5.74, 6) is -0.334. The van der Waals surface area contributed by atoms with Crippen molar-refractivity contribution in [2.24, 2.45) is 0 Å². The van der Waals surface area contributed by atoms with E-state index < -0.39 is 6.43 Å². The Morgan fingerprint density at radius 3 is 2.39 bits per heavy atom. The van der Waals surface area contributed by atoms with Gasteiger partial charge in [-0.3, -0.25) is 9.78 Å². The van der Waals surface area contributed by atoms with Gasteiger partial charge in [0.25, 0.3) is 6.43 Å². The first-order valence-electron chi connectivity index (χ1n) is 5.22. The van der Waals surface area contributed by atoms with Crippen LogP contribution in [0.1, 0.15) is 27.9 Å². The summed E-state index contributed by atoms with van der Waals surface area (Å²) >= 11 is 0. The minimum absolute atomic E-state index is 0.0173. The van der Waals surface area contributed by atoms with Gasteiger partial charge in [0.1, 0.15) is 0 Å². The van der Waals surface area contributed by atoms with E-state index in [1.807, 2.05) is 0 Å². The Labute approximate surface area is 102 Å². The zero-order chi connectivity index (χ0) is 13.1. The molecule has 5 heteroatoms. The van der Waals surface area contributed by atoms with Gasteiger partial charge in [0.2, 0.25) is 0 Å². The third-order valence-electron chi connectivity index (χ3n) is 2.53. The number of carbonyl (C=O) groups excluding carboxylic acids is 1. The lowest BCUT2D eigenvalue weighted by Gasteiger charge is -2.07. The van der Waals surface area contributed by atoms with Crippen molar-refractivity contribution in [2.75, 3.05) is 5.73 Å². The third-order valence-corrected chi connectivity index (χ3v) is 2.53. The highest BCUT2D eigenvalue weighted by Gasteiger charge is 2.15. The molecule has 0 spiro atoms. The highest BCUT2D eigenvalue weighted by atomic mass is 19.3. The van der Waals surface area contributed by atoms with Gasteiger partial charge in [0, 0.05) is 34.8 Å². The van der Waals surface area contributed by atoms with Crippen molar-refractivity contribution < 1.29 is 13.6 Å². The molecular weight excluding hydrogens is 238 g/mol. The lowest BCUT2D eigenvalue weighted by atomic mass is 10.0. The summed E-state index contributed by atoms with van der Waals surface area (Å²) in [6.45, 7) is 0. The van der Waals surface area contributed by atoms with Gasteiger partial charge >= 0.3 is 0 Å². The predicted molar refractivity (Wildman–Crippen MR) is 63.5 cm³/mol. The van der Waals surface area contributed by atoms with Gasteiger partial charge in [-0.05, 0) is 30.3 Å². The number of halogens is 2. The molecule has 18 heavy (non-hydrogen) atoms. The molecule has 0 saturated heterocycles. The van der Waals surface area contributed by atoms with E-state index in [1.54, 1.807) is 0 Å². The molecule has 2 aromatic rings. The number of aromatic nitrogens is 1. The van der Waals surface area contributed by atoms with Crippen molar-refractivity contribution in [1.82, 2.24) is 4.98 Å². The van der Waals surface area contributed by atoms with Gasteiger partial charge in [0.15, 0.2) is 5.78 Å². The van der Waals surface area contributed by atoms with Crippen molar-refractivity contribution in [1.29, 1.82) is 0 Å². The minimum atomic E-state index is -2.70. The van der Waals surface area contributed by atoms with Crippen LogP contribution in [-0.2, 0) is 0 Å². The summed E-state index contributed by atoms with van der Waals surface area (Å²) < 4.78 is 25.3. The fourth-order valence-corrected chi connectivity index (χ4v) is 1.57. The first-order chi connectivity index (χ1) is 8.59. The number of anilines is 1. The van der Waals surface area contributed by atoms with E-state index in [9.17, 15) is 13.6 Å². The van der Waals surface area contributed by atoms with Crippen molar-refractivity contribution in [3.05, 3.63) is 59.4 Å². The van der Waals surface area contributed by atoms with Crippen LogP contribution in [-0.4, -0.2) is 10.8 Å². The molecule has 0 aliphatic heterocycles. The van der Waals surface area contributed by atoms with Crippen LogP contribution >= 0.6 is 0 Å². The van der Waals surface area contributed by atoms with E-state index >= 15 is 0 Å². The minimum Gasteiger partial charge on any atom is -0.398 e. The normalized spacial score (nSPS) is 10.6. The molecule has 0 aliphatic carbocycles. The van der Waals surface area contributed by atoms with Gasteiger partial charge in [-0.2, -0.15) is 0 Å². The zero-order valence-corrected chi connectivity index (χ0v) is 9.31. The Morgan fingerprint density at radius 1 is 1.11 bits per heavy atom. The highest BCUT2D eigenvalue weighted by molar-refractivity contribution is 6.09. The van der Waals surface area contributed by atoms with Crippen LogP contribution in [0.4, 0.5) is 14.5 Å². The molecular formula is C13H10F2N2O. The highest BCUT2D eigenvalue weighted by Crippen LogP contribution is 2.26. The number of nitrogens with zero attached hydrogens (tertiary/aromatic N) is 1. The fourth-order valence-electron chi connectivity index (χ4n) is 1.57. The predicted octanol–water partition coefficient (Wildman–Crippen LogP) is 2.83. The number of alkyl halides is 2. The Hall–Kier alpha value is -2.30. The topological polar surface area (TPSA) is 56.0 Å². The molecule has 0 radical (unpaired) electrons. The molecule has 1 aromatic carbocycles. The maximum atomic E-state index is 12.7. The maximum absolute atomic E-state index is 12.7. The summed E-state index contributed by atoms with van der Waals surface area (Å²) in [5.41, 5.74) is 5.67. The molecule has 1 heterocycles. The van der Waals surface area contributed by atoms with Crippen LogP contribution in [0, 0.1) is 0 Å². The molecule has 2 rings (SSSR count). The Morgan fingerprint density at radius 2 is 1.78 bits per heavy atom. The number of nitrogens with two attached hydrogens (primary N) is 1. The van der Waals surface area contributed by atoms with Crippen LogP contribution < -0.4 is 5.73 Å². The van der Waals surface area contributed by atoms with Crippen LogP contribution in [0.15, 0.2) is 42.7 Å². The molecule has 1 aromatic heterocycles. The Balaban J connectivity index is 2.41. The number of ketones is 1. The van der Waals surface area contributed by atoms with E-state index in [2.05, 4.69) is 4.98 Å². The summed E-state index contributed by atoms with van der Waals surface area (Å²) in [6, 6.07) is 6.93. The molecule has 0 atom stereocenters. The number of rotatable bonds is 3. The largest absolute Gasteiger partial charge is 0.398 e. The molecule has 2 N–H and O–H groups in total. The zero-order valence-electron chi connectivity index (χ0n) is 9.31. The van der Waals surface area contributed by atoms with E-state index in [1.165, 1.54) is 36.7 Å². The second-order valence-electron chi connectivity index (χ2n) is 3.71. The van der Waals surface area contributed by atoms with Crippen LogP contribution in [0.25, 0.3) is 0 Å². The summed E-state index contributed by atoms with van der Waals surface area (Å²) in [7, 11) is 0. The Bertz CT molecular complexity index is 570. The summed E-state index contributed by atoms with van der Waals surface area (Å²) in [4.78, 5) is 15.8. The molecule has 0 fully saturated rings. The van der Waals surface area contributed by atoms with Gasteiger partial charge in [-0.1, -0.05) is 0 Å². The number of hydrogen-bond donors (Lipinski definition) is 1. The van der Waals surface area contributed by atoms with Crippen molar-refractivity contribution in [3.63, 3.8) is 0 Å². The average molecular weight is 248 g/mol. The molecule has 0 bridgehead atoms. The van der Waals surface area contributed by atoms with Crippen molar-refractivity contribution in [2.45, 2.75) is 6.43 Å². The van der Waals surface area contributed by atoms with E-state index in [-0.39, 0.29) is 22.6 Å². The fraction of sp³-hybridized carbons (Fsp3) is 0.0769. The number of nitrogen functional groups attached to an aromatic ring is 1. The van der Waals surface area contributed by atoms with Crippen LogP contribution in [0.2, 0.25) is 0 Å². The van der Waals surface area contributed by atoms with Crippen LogP contribution in [0.3, 0.4) is 0 Å². The molecule has 92 valence electrons. The summed E-state index contributed by atoms with van der Waals surface area (Å²) in [6.07, 6.45) is 0.243. The first-order valence-corrected chi connectivity index (χ1v) is 5.22. The molecule has 0 amide bonds. The molecule has 0 unspecified atom stereocenters. The van der Waals surface area contributed by atoms with Gasteiger partial charge in [-0.25, -0.2) is 8.78 Å². The standard InChI is InChI=1S/C13H10F2N2O/c14-13(15)10-7-9(1-2-11(10)16)12(18)8-3-5-17-6-4-8/h1-7,13H,16H2. The molecule has 0 aliphatic rings. The second kappa shape index (κ2) is 4.91. The number of benzene rings is 1. The van der Waals surface area contributed by atoms with Gasteiger partial charge < -0.3 is 5.73 Å². The van der Waals surface area contributed by atoms with E-state index in [4.69, 9.17) is 5.73 Å². The van der Waals surface area contributed by atoms with Gasteiger partial charge in [-0.15, -0.1) is 0 Å². The SMILES string of the molecule is Nc1ccc(C(=O)c2ccncc2)cc1C(F)F. The quantitative estimate of drug-likeness (QED) is 0.671. The number of carbonyl (C=O) groups is 1. The second-order valence-corrected chi connectivity index (χ2v) is 3.71. The van der Waals surface area contributed by atoms with Crippen molar-refractivity contribution in [3.8, 4) is 0 Å². The van der Waals surface area contributed by atoms with Crippen LogP contribution in [0.5, 0.6) is 0 Å². The average Bonchev–Trinajstić information content (AvgIpc) is 2.39. The third kappa shape index (κ3) is 2.34. The van der Waals surface area contributed by atoms with Crippen molar-refractivity contribution >= 4 is 11.5 Å². The Kier molecular flexibility index (Phi) is 3.32. The first kappa shape index (κ1) is 12.2. The lowest BCUT2D eigenvalue weighted by molar-refractivity contribution is 0.103. The lowest BCUT2D eigenvalue weighted by Crippen LogP contribution is -2.04. The summed E-state index contributed by atoms with van der Waals surface area (Å²) in [5, 5.41) is 0.